The summed E-state index contributed by atoms with van der Waals surface area (Å²) >= 11 is 0. The fraction of sp³-hybridized carbons (Fsp3) is 0.0714. The van der Waals surface area contributed by atoms with E-state index < -0.39 is 0 Å². The molecular weight excluding hydrogens is 242 g/mol. The fourth-order valence-electron chi connectivity index (χ4n) is 2.49. The Morgan fingerprint density at radius 3 is 2.79 bits per heavy atom. The van der Waals surface area contributed by atoms with Crippen LogP contribution in [-0.4, -0.2) is 6.47 Å². The van der Waals surface area contributed by atoms with Crippen LogP contribution in [-0.2, 0) is 16.0 Å². The number of carbonyl (C=O) groups excluding carboxylic acids is 1. The molecule has 2 aromatic rings. The lowest BCUT2D eigenvalue weighted by atomic mass is 9.90. The largest absolute Gasteiger partial charge is 0.428 e. The van der Waals surface area contributed by atoms with E-state index in [1.54, 1.807) is 0 Å². The molecule has 0 amide bonds. The van der Waals surface area contributed by atoms with Gasteiger partial charge in [0, 0.05) is 16.9 Å². The summed E-state index contributed by atoms with van der Waals surface area (Å²) in [6.07, 6.45) is 0.460. The monoisotopic (exact) mass is 251 g/mol. The highest BCUT2D eigenvalue weighted by atomic mass is 16.5. The summed E-state index contributed by atoms with van der Waals surface area (Å²) in [5.41, 5.74) is 10.9. The van der Waals surface area contributed by atoms with E-state index in [0.717, 1.165) is 21.9 Å². The van der Waals surface area contributed by atoms with Crippen LogP contribution in [0.2, 0.25) is 0 Å². The maximum absolute atomic E-state index is 10.7. The van der Waals surface area contributed by atoms with Crippen molar-refractivity contribution in [3.05, 3.63) is 63.7 Å². The summed E-state index contributed by atoms with van der Waals surface area (Å²) in [4.78, 5) is 13.5. The highest BCUT2D eigenvalue weighted by Crippen LogP contribution is 2.37. The first-order valence-corrected chi connectivity index (χ1v) is 5.74. The lowest BCUT2D eigenvalue weighted by Crippen LogP contribution is -2.05. The molecule has 1 aliphatic rings. The Bertz CT molecular complexity index is 753. The van der Waals surface area contributed by atoms with Crippen molar-refractivity contribution in [2.75, 3.05) is 0 Å². The predicted molar refractivity (Wildman–Crippen MR) is 70.9 cm³/mol. The third kappa shape index (κ3) is 1.73. The van der Waals surface area contributed by atoms with Gasteiger partial charge in [-0.1, -0.05) is 41.5 Å². The molecule has 19 heavy (non-hydrogen) atoms. The third-order valence-corrected chi connectivity index (χ3v) is 3.19. The average molecular weight is 251 g/mol. The quantitative estimate of drug-likeness (QED) is 0.362. The Balaban J connectivity index is 2.37. The first kappa shape index (κ1) is 11.3. The summed E-state index contributed by atoms with van der Waals surface area (Å²) in [6, 6.07) is 11.7. The molecule has 0 N–H and O–H groups in total. The lowest BCUT2D eigenvalue weighted by molar-refractivity contribution is -0.122. The Morgan fingerprint density at radius 2 is 2.05 bits per heavy atom. The maximum atomic E-state index is 10.7. The highest BCUT2D eigenvalue weighted by molar-refractivity contribution is 5.98. The molecule has 2 aromatic carbocycles. The highest BCUT2D eigenvalue weighted by Gasteiger charge is 2.21. The molecule has 0 atom stereocenters. The molecule has 5 nitrogen and oxygen atoms in total. The number of benzene rings is 2. The van der Waals surface area contributed by atoms with E-state index in [4.69, 9.17) is 10.3 Å². The summed E-state index contributed by atoms with van der Waals surface area (Å²) in [5, 5.41) is 5.76. The van der Waals surface area contributed by atoms with Crippen molar-refractivity contribution in [1.29, 1.82) is 0 Å². The zero-order chi connectivity index (χ0) is 13.2. The average Bonchev–Trinajstić information content (AvgIpc) is 2.43. The molecule has 0 heterocycles. The van der Waals surface area contributed by atoms with Gasteiger partial charge < -0.3 is 4.74 Å². The van der Waals surface area contributed by atoms with Gasteiger partial charge in [-0.3, -0.25) is 4.79 Å². The Hall–Kier alpha value is -2.78. The second-order valence-electron chi connectivity index (χ2n) is 4.18. The molecule has 0 bridgehead atoms. The van der Waals surface area contributed by atoms with Crippen LogP contribution < -0.4 is 0 Å². The molecule has 0 fully saturated rings. The second-order valence-corrected chi connectivity index (χ2v) is 4.18. The van der Waals surface area contributed by atoms with Crippen molar-refractivity contribution in [3.63, 3.8) is 0 Å². The van der Waals surface area contributed by atoms with Gasteiger partial charge in [-0.15, -0.1) is 0 Å². The normalized spacial score (nSPS) is 13.1. The van der Waals surface area contributed by atoms with E-state index in [1.165, 1.54) is 0 Å². The summed E-state index contributed by atoms with van der Waals surface area (Å²) < 4.78 is 5.03. The predicted octanol–water partition coefficient (Wildman–Crippen LogP) is 3.55. The Morgan fingerprint density at radius 1 is 1.26 bits per heavy atom. The number of rotatable bonds is 3. The minimum absolute atomic E-state index is 0.345. The number of ether oxygens (including phenoxy) is 1. The van der Waals surface area contributed by atoms with E-state index in [0.29, 0.717) is 24.3 Å². The maximum Gasteiger partial charge on any atom is 0.298 e. The molecule has 0 saturated carbocycles. The smallest absolute Gasteiger partial charge is 0.298 e. The van der Waals surface area contributed by atoms with E-state index in [9.17, 15) is 4.79 Å². The Kier molecular flexibility index (Phi) is 2.67. The van der Waals surface area contributed by atoms with Crippen molar-refractivity contribution in [2.24, 2.45) is 5.11 Å². The molecule has 0 unspecified atom stereocenters. The van der Waals surface area contributed by atoms with Crippen LogP contribution >= 0.6 is 0 Å². The van der Waals surface area contributed by atoms with Crippen LogP contribution in [0.4, 0.5) is 0 Å². The summed E-state index contributed by atoms with van der Waals surface area (Å²) in [6.45, 7) is 0.356. The number of hydrogen-bond donors (Lipinski definition) is 0. The van der Waals surface area contributed by atoms with Gasteiger partial charge in [0.25, 0.3) is 6.47 Å². The van der Waals surface area contributed by atoms with Crippen LogP contribution in [0.3, 0.4) is 0 Å². The van der Waals surface area contributed by atoms with Gasteiger partial charge in [0.1, 0.15) is 5.76 Å². The first-order valence-electron chi connectivity index (χ1n) is 5.74. The van der Waals surface area contributed by atoms with Gasteiger partial charge in [0.2, 0.25) is 0 Å². The van der Waals surface area contributed by atoms with Crippen molar-refractivity contribution in [1.82, 2.24) is 0 Å². The molecule has 3 rings (SSSR count). The van der Waals surface area contributed by atoms with Gasteiger partial charge in [-0.2, -0.15) is 0 Å². The minimum Gasteiger partial charge on any atom is -0.428 e. The van der Waals surface area contributed by atoms with Crippen LogP contribution in [0.1, 0.15) is 11.1 Å². The first-order chi connectivity index (χ1) is 9.35. The van der Waals surface area contributed by atoms with Gasteiger partial charge in [-0.25, -0.2) is 0 Å². The topological polar surface area (TPSA) is 75.1 Å². The van der Waals surface area contributed by atoms with E-state index in [-0.39, 0.29) is 0 Å². The third-order valence-electron chi connectivity index (χ3n) is 3.19. The zero-order valence-corrected chi connectivity index (χ0v) is 9.91. The van der Waals surface area contributed by atoms with Gasteiger partial charge in [0.05, 0.1) is 5.70 Å². The van der Waals surface area contributed by atoms with Gasteiger partial charge >= 0.3 is 0 Å². The summed E-state index contributed by atoms with van der Waals surface area (Å²) in [7, 11) is 0. The second kappa shape index (κ2) is 4.48. The molecule has 0 aliphatic heterocycles. The SMILES string of the molecule is [N-]=[N+]=NC1=C(OC=O)c2cccc3cccc(c23)C1. The van der Waals surface area contributed by atoms with Gasteiger partial charge in [-0.05, 0) is 21.9 Å². The van der Waals surface area contributed by atoms with Crippen LogP contribution in [0.25, 0.3) is 27.0 Å². The molecule has 5 heteroatoms. The molecule has 0 aromatic heterocycles. The van der Waals surface area contributed by atoms with Gasteiger partial charge in [0.15, 0.2) is 0 Å². The number of allylic oxidation sites excluding steroid dienone is 1. The van der Waals surface area contributed by atoms with Crippen molar-refractivity contribution in [2.45, 2.75) is 6.42 Å². The van der Waals surface area contributed by atoms with Crippen molar-refractivity contribution in [3.8, 4) is 0 Å². The molecule has 92 valence electrons. The molecule has 0 saturated heterocycles. The van der Waals surface area contributed by atoms with Crippen LogP contribution in [0.5, 0.6) is 0 Å². The standard InChI is InChI=1S/C14H9N3O2/c15-17-16-12-7-10-5-1-3-9-4-2-6-11(13(9)10)14(12)19-8-18/h1-6,8H,7H2. The fourth-order valence-corrected chi connectivity index (χ4v) is 2.49. The molecule has 0 radical (unpaired) electrons. The van der Waals surface area contributed by atoms with E-state index in [2.05, 4.69) is 10.0 Å². The minimum atomic E-state index is 0.345. The lowest BCUT2D eigenvalue weighted by Gasteiger charge is -2.20. The number of nitrogens with zero attached hydrogens (tertiary/aromatic N) is 3. The Labute approximate surface area is 108 Å². The van der Waals surface area contributed by atoms with Crippen molar-refractivity contribution < 1.29 is 9.53 Å². The van der Waals surface area contributed by atoms with Crippen LogP contribution in [0, 0.1) is 0 Å². The number of azide groups is 1. The molecular formula is C14H9N3O2. The van der Waals surface area contributed by atoms with Crippen LogP contribution in [0.15, 0.2) is 47.2 Å². The molecule has 1 aliphatic carbocycles. The zero-order valence-electron chi connectivity index (χ0n) is 9.91. The van der Waals surface area contributed by atoms with Crippen molar-refractivity contribution >= 4 is 23.0 Å². The summed E-state index contributed by atoms with van der Waals surface area (Å²) in [5.74, 6) is 0.345. The van der Waals surface area contributed by atoms with E-state index >= 15 is 0 Å². The number of hydrogen-bond acceptors (Lipinski definition) is 3. The molecule has 0 spiro atoms. The van der Waals surface area contributed by atoms with E-state index in [1.807, 2.05) is 36.4 Å². The number of carbonyl (C=O) groups is 1.